The van der Waals surface area contributed by atoms with Gasteiger partial charge < -0.3 is 14.9 Å². The second-order valence-electron chi connectivity index (χ2n) is 7.34. The summed E-state index contributed by atoms with van der Waals surface area (Å²) >= 11 is -0.303. The van der Waals surface area contributed by atoms with Crippen molar-refractivity contribution >= 4 is 17.5 Å². The molecule has 5 nitrogen and oxygen atoms in total. The lowest BCUT2D eigenvalue weighted by Gasteiger charge is -2.13. The molecule has 0 aliphatic rings. The van der Waals surface area contributed by atoms with E-state index < -0.39 is 28.7 Å². The van der Waals surface area contributed by atoms with Gasteiger partial charge in [-0.1, -0.05) is 0 Å². The van der Waals surface area contributed by atoms with Gasteiger partial charge in [-0.05, 0) is 90.1 Å². The summed E-state index contributed by atoms with van der Waals surface area (Å²) in [6, 6.07) is 16.1. The van der Waals surface area contributed by atoms with Crippen LogP contribution in [0.1, 0.15) is 15.9 Å². The predicted octanol–water partition coefficient (Wildman–Crippen LogP) is 6.55. The molecule has 0 radical (unpaired) electrons. The van der Waals surface area contributed by atoms with Gasteiger partial charge in [-0.15, -0.1) is 0 Å². The summed E-state index contributed by atoms with van der Waals surface area (Å²) in [4.78, 5) is 13.3. The van der Waals surface area contributed by atoms with Gasteiger partial charge in [-0.3, -0.25) is 9.36 Å². The van der Waals surface area contributed by atoms with Crippen LogP contribution in [0.5, 0.6) is 17.4 Å². The first-order valence-electron chi connectivity index (χ1n) is 10.1. The van der Waals surface area contributed by atoms with Gasteiger partial charge in [0.25, 0.3) is 0 Å². The van der Waals surface area contributed by atoms with Crippen LogP contribution >= 0.6 is 11.8 Å². The molecule has 0 bridgehead atoms. The molecule has 10 heteroatoms. The van der Waals surface area contributed by atoms with E-state index in [4.69, 9.17) is 4.74 Å². The van der Waals surface area contributed by atoms with Crippen molar-refractivity contribution in [3.05, 3.63) is 89.7 Å². The normalized spacial score (nSPS) is 11.5. The van der Waals surface area contributed by atoms with Crippen molar-refractivity contribution in [2.75, 3.05) is 7.11 Å². The standard InChI is InChI=1S/C25H17F4NO4S/c1-34-18-10-4-15(5-11-18)22(31)20-21(14-2-6-16(26)7-3-14)30(24(33)23(20)32)17-8-12-19(13-9-17)35-25(27,28)29/h2-13,32-33H,1H3. The van der Waals surface area contributed by atoms with Gasteiger partial charge in [-0.2, -0.15) is 13.2 Å². The van der Waals surface area contributed by atoms with E-state index in [1.54, 1.807) is 12.1 Å². The number of aromatic nitrogens is 1. The number of nitrogens with zero attached hydrogens (tertiary/aromatic N) is 1. The van der Waals surface area contributed by atoms with Crippen LogP contribution in [-0.4, -0.2) is 33.2 Å². The van der Waals surface area contributed by atoms with Crippen molar-refractivity contribution in [3.8, 4) is 34.3 Å². The van der Waals surface area contributed by atoms with Crippen LogP contribution in [-0.2, 0) is 0 Å². The van der Waals surface area contributed by atoms with E-state index in [0.29, 0.717) is 5.75 Å². The molecule has 4 rings (SSSR count). The highest BCUT2D eigenvalue weighted by Gasteiger charge is 2.31. The average molecular weight is 503 g/mol. The zero-order chi connectivity index (χ0) is 25.3. The van der Waals surface area contributed by atoms with E-state index in [2.05, 4.69) is 0 Å². The third-order valence-corrected chi connectivity index (χ3v) is 5.89. The number of alkyl halides is 3. The Hall–Kier alpha value is -3.92. The highest BCUT2D eigenvalue weighted by Crippen LogP contribution is 2.45. The van der Waals surface area contributed by atoms with Crippen molar-refractivity contribution in [2.45, 2.75) is 10.4 Å². The first-order valence-corrected chi connectivity index (χ1v) is 10.9. The molecule has 0 spiro atoms. The fraction of sp³-hybridized carbons (Fsp3) is 0.0800. The summed E-state index contributed by atoms with van der Waals surface area (Å²) in [6.07, 6.45) is 0. The number of hydrogen-bond acceptors (Lipinski definition) is 5. The van der Waals surface area contributed by atoms with E-state index in [0.717, 1.165) is 16.7 Å². The first-order chi connectivity index (χ1) is 16.6. The van der Waals surface area contributed by atoms with Gasteiger partial charge in [0.1, 0.15) is 11.6 Å². The number of carbonyl (C=O) groups excluding carboxylic acids is 1. The van der Waals surface area contributed by atoms with Gasteiger partial charge in [0.15, 0.2) is 11.5 Å². The third-order valence-electron chi connectivity index (χ3n) is 5.15. The van der Waals surface area contributed by atoms with Crippen LogP contribution in [0.2, 0.25) is 0 Å². The Morgan fingerprint density at radius 3 is 2.06 bits per heavy atom. The molecule has 3 aromatic carbocycles. The van der Waals surface area contributed by atoms with Gasteiger partial charge in [-0.25, -0.2) is 4.39 Å². The highest BCUT2D eigenvalue weighted by molar-refractivity contribution is 8.00. The lowest BCUT2D eigenvalue weighted by molar-refractivity contribution is -0.0328. The number of thioether (sulfide) groups is 1. The Balaban J connectivity index is 1.90. The van der Waals surface area contributed by atoms with E-state index in [1.807, 2.05) is 0 Å². The van der Waals surface area contributed by atoms with Crippen molar-refractivity contribution in [1.29, 1.82) is 0 Å². The van der Waals surface area contributed by atoms with Gasteiger partial charge in [0, 0.05) is 16.1 Å². The van der Waals surface area contributed by atoms with E-state index in [1.165, 1.54) is 55.6 Å². The minimum atomic E-state index is -4.48. The predicted molar refractivity (Wildman–Crippen MR) is 123 cm³/mol. The Labute approximate surface area is 201 Å². The molecule has 1 heterocycles. The highest BCUT2D eigenvalue weighted by atomic mass is 32.2. The van der Waals surface area contributed by atoms with Crippen molar-refractivity contribution in [3.63, 3.8) is 0 Å². The Kier molecular flexibility index (Phi) is 6.49. The number of rotatable bonds is 6. The molecule has 0 saturated heterocycles. The SMILES string of the molecule is COc1ccc(C(=O)c2c(O)c(O)n(-c3ccc(SC(F)(F)F)cc3)c2-c2ccc(F)cc2)cc1. The molecule has 4 aromatic rings. The molecule has 2 N–H and O–H groups in total. The van der Waals surface area contributed by atoms with Gasteiger partial charge >= 0.3 is 5.51 Å². The summed E-state index contributed by atoms with van der Waals surface area (Å²) in [5.74, 6) is -2.10. The zero-order valence-electron chi connectivity index (χ0n) is 18.0. The molecule has 0 fully saturated rings. The number of halogens is 4. The molecule has 0 amide bonds. The van der Waals surface area contributed by atoms with Crippen molar-refractivity contribution < 1.29 is 37.3 Å². The van der Waals surface area contributed by atoms with Crippen LogP contribution in [0.3, 0.4) is 0 Å². The minimum absolute atomic E-state index is 0.0389. The van der Waals surface area contributed by atoms with E-state index in [9.17, 15) is 32.6 Å². The van der Waals surface area contributed by atoms with E-state index in [-0.39, 0.29) is 44.7 Å². The van der Waals surface area contributed by atoms with Crippen molar-refractivity contribution in [1.82, 2.24) is 4.57 Å². The largest absolute Gasteiger partial charge is 0.503 e. The number of aromatic hydroxyl groups is 2. The Morgan fingerprint density at radius 2 is 1.51 bits per heavy atom. The molecule has 0 saturated carbocycles. The maximum absolute atomic E-state index is 13.6. The summed E-state index contributed by atoms with van der Waals surface area (Å²) in [5.41, 5.74) is -4.05. The minimum Gasteiger partial charge on any atom is -0.503 e. The zero-order valence-corrected chi connectivity index (χ0v) is 18.8. The molecule has 35 heavy (non-hydrogen) atoms. The second kappa shape index (κ2) is 9.38. The number of hydrogen-bond donors (Lipinski definition) is 2. The van der Waals surface area contributed by atoms with Crippen LogP contribution < -0.4 is 4.74 Å². The van der Waals surface area contributed by atoms with Crippen LogP contribution in [0.25, 0.3) is 16.9 Å². The summed E-state index contributed by atoms with van der Waals surface area (Å²) in [5, 5.41) is 21.6. The number of carbonyl (C=O) groups is 1. The lowest BCUT2D eigenvalue weighted by atomic mass is 9.99. The molecule has 0 aliphatic heterocycles. The fourth-order valence-electron chi connectivity index (χ4n) is 3.58. The molecule has 1 aromatic heterocycles. The second-order valence-corrected chi connectivity index (χ2v) is 8.48. The lowest BCUT2D eigenvalue weighted by Crippen LogP contribution is -2.05. The molecular formula is C25H17F4NO4S. The molecule has 0 aliphatic carbocycles. The summed E-state index contributed by atoms with van der Waals surface area (Å²) < 4.78 is 58.0. The molecule has 180 valence electrons. The monoisotopic (exact) mass is 503 g/mol. The average Bonchev–Trinajstić information content (AvgIpc) is 3.09. The van der Waals surface area contributed by atoms with Crippen LogP contribution in [0.4, 0.5) is 17.6 Å². The topological polar surface area (TPSA) is 71.7 Å². The number of ketones is 1. The summed E-state index contributed by atoms with van der Waals surface area (Å²) in [7, 11) is 1.46. The third kappa shape index (κ3) is 4.97. The molecular weight excluding hydrogens is 486 g/mol. The maximum Gasteiger partial charge on any atom is 0.446 e. The van der Waals surface area contributed by atoms with Gasteiger partial charge in [0.2, 0.25) is 5.88 Å². The van der Waals surface area contributed by atoms with E-state index >= 15 is 0 Å². The Bertz CT molecular complexity index is 1360. The first kappa shape index (κ1) is 24.2. The van der Waals surface area contributed by atoms with Crippen molar-refractivity contribution in [2.24, 2.45) is 0 Å². The molecule has 0 unspecified atom stereocenters. The van der Waals surface area contributed by atoms with Crippen LogP contribution in [0.15, 0.2) is 77.7 Å². The number of benzene rings is 3. The maximum atomic E-state index is 13.6. The van der Waals surface area contributed by atoms with Gasteiger partial charge in [0.05, 0.1) is 18.4 Å². The summed E-state index contributed by atoms with van der Waals surface area (Å²) in [6.45, 7) is 0. The quantitative estimate of drug-likeness (QED) is 0.178. The fourth-order valence-corrected chi connectivity index (χ4v) is 4.12. The smallest absolute Gasteiger partial charge is 0.446 e. The Morgan fingerprint density at radius 1 is 0.914 bits per heavy atom. The van der Waals surface area contributed by atoms with Crippen LogP contribution in [0, 0.1) is 5.82 Å². The molecule has 0 atom stereocenters. The number of methoxy groups -OCH3 is 1. The number of ether oxygens (including phenoxy) is 1.